The molecule has 0 N–H and O–H groups in total. The Morgan fingerprint density at radius 1 is 1.18 bits per heavy atom. The Bertz CT molecular complexity index is 1070. The summed E-state index contributed by atoms with van der Waals surface area (Å²) in [6.45, 7) is 3.12. The summed E-state index contributed by atoms with van der Waals surface area (Å²) in [5, 5.41) is 15.3. The van der Waals surface area contributed by atoms with Crippen LogP contribution in [0.4, 0.5) is 13.2 Å². The number of benzene rings is 1. The Morgan fingerprint density at radius 2 is 1.97 bits per heavy atom. The number of thioether (sulfide) groups is 1. The molecule has 2 atom stereocenters. The first-order chi connectivity index (χ1) is 15.4. The highest BCUT2D eigenvalue weighted by atomic mass is 35.5. The minimum Gasteiger partial charge on any atom is -0.304 e. The topological polar surface area (TPSA) is 59.7 Å². The average Bonchev–Trinajstić information content (AvgIpc) is 3.16. The van der Waals surface area contributed by atoms with Crippen molar-refractivity contribution in [2.24, 2.45) is 12.5 Å². The van der Waals surface area contributed by atoms with E-state index >= 15 is 0 Å². The van der Waals surface area contributed by atoms with Crippen molar-refractivity contribution in [3.05, 3.63) is 40.8 Å². The van der Waals surface area contributed by atoms with Gasteiger partial charge in [-0.15, -0.1) is 27.7 Å². The molecule has 1 aliphatic carbocycles. The Morgan fingerprint density at radius 3 is 2.67 bits per heavy atom. The highest BCUT2D eigenvalue weighted by Gasteiger charge is 2.57. The van der Waals surface area contributed by atoms with Crippen LogP contribution in [0.5, 0.6) is 0 Å². The van der Waals surface area contributed by atoms with Crippen molar-refractivity contribution in [3.63, 3.8) is 0 Å². The molecule has 3 heterocycles. The fourth-order valence-electron chi connectivity index (χ4n) is 4.73. The van der Waals surface area contributed by atoms with E-state index in [4.69, 9.17) is 0 Å². The van der Waals surface area contributed by atoms with Gasteiger partial charge in [-0.2, -0.15) is 13.2 Å². The second kappa shape index (κ2) is 9.52. The molecule has 0 radical (unpaired) electrons. The van der Waals surface area contributed by atoms with Crippen LogP contribution in [-0.2, 0) is 13.2 Å². The van der Waals surface area contributed by atoms with Crippen LogP contribution in [-0.4, -0.2) is 54.6 Å². The lowest BCUT2D eigenvalue weighted by Crippen LogP contribution is -2.23. The quantitative estimate of drug-likeness (QED) is 0.320. The van der Waals surface area contributed by atoms with Gasteiger partial charge in [-0.3, -0.25) is 0 Å². The minimum atomic E-state index is -4.27. The van der Waals surface area contributed by atoms with Gasteiger partial charge in [-0.05, 0) is 72.9 Å². The van der Waals surface area contributed by atoms with E-state index < -0.39 is 11.7 Å². The van der Waals surface area contributed by atoms with Crippen LogP contribution >= 0.6 is 35.7 Å². The van der Waals surface area contributed by atoms with Gasteiger partial charge in [0.2, 0.25) is 0 Å². The number of likely N-dealkylation sites (tertiary alicyclic amines) is 1. The van der Waals surface area contributed by atoms with E-state index in [-0.39, 0.29) is 17.8 Å². The van der Waals surface area contributed by atoms with Gasteiger partial charge in [0, 0.05) is 24.7 Å². The minimum absolute atomic E-state index is 0. The number of hydrogen-bond acceptors (Lipinski definition) is 7. The molecule has 1 aromatic carbocycles. The predicted octanol–water partition coefficient (Wildman–Crippen LogP) is 5.14. The summed E-state index contributed by atoms with van der Waals surface area (Å²) >= 11 is 2.98. The van der Waals surface area contributed by atoms with E-state index in [0.717, 1.165) is 66.9 Å². The van der Waals surface area contributed by atoms with Gasteiger partial charge in [0.05, 0.1) is 5.56 Å². The lowest BCUT2D eigenvalue weighted by atomic mass is 9.97. The molecular formula is C21H24ClF3N6S2. The monoisotopic (exact) mass is 516 g/mol. The zero-order chi connectivity index (χ0) is 22.3. The maximum Gasteiger partial charge on any atom is 0.416 e. The van der Waals surface area contributed by atoms with Crippen LogP contribution in [0.2, 0.25) is 0 Å². The highest BCUT2D eigenvalue weighted by Crippen LogP contribution is 2.64. The van der Waals surface area contributed by atoms with E-state index in [1.54, 1.807) is 23.9 Å². The summed E-state index contributed by atoms with van der Waals surface area (Å²) in [5.74, 6) is 2.07. The summed E-state index contributed by atoms with van der Waals surface area (Å²) in [4.78, 5) is 2.49. The average molecular weight is 517 g/mol. The van der Waals surface area contributed by atoms with E-state index in [1.807, 2.05) is 17.0 Å². The molecule has 5 rings (SSSR count). The van der Waals surface area contributed by atoms with E-state index in [0.29, 0.717) is 5.92 Å². The number of nitrogens with zero attached hydrogens (tertiary/aromatic N) is 6. The van der Waals surface area contributed by atoms with Crippen LogP contribution < -0.4 is 0 Å². The molecule has 1 aliphatic heterocycles. The van der Waals surface area contributed by atoms with Gasteiger partial charge in [-0.1, -0.05) is 28.4 Å². The third-order valence-electron chi connectivity index (χ3n) is 6.57. The maximum absolute atomic E-state index is 12.8. The van der Waals surface area contributed by atoms with Crippen molar-refractivity contribution >= 4 is 35.7 Å². The van der Waals surface area contributed by atoms with Crippen LogP contribution in [0.1, 0.15) is 36.3 Å². The second-order valence-corrected chi connectivity index (χ2v) is 10.3. The fourth-order valence-corrected chi connectivity index (χ4v) is 6.00. The zero-order valence-electron chi connectivity index (χ0n) is 18.0. The molecule has 0 amide bonds. The van der Waals surface area contributed by atoms with E-state index in [2.05, 4.69) is 24.7 Å². The fraction of sp³-hybridized carbons (Fsp3) is 0.524. The van der Waals surface area contributed by atoms with Crippen LogP contribution in [0, 0.1) is 5.41 Å². The van der Waals surface area contributed by atoms with Crippen LogP contribution in [0.15, 0.2) is 34.8 Å². The summed E-state index contributed by atoms with van der Waals surface area (Å²) < 4.78 is 44.2. The van der Waals surface area contributed by atoms with Gasteiger partial charge >= 0.3 is 6.18 Å². The largest absolute Gasteiger partial charge is 0.416 e. The maximum atomic E-state index is 12.8. The molecule has 3 aromatic rings. The normalized spacial score (nSPS) is 22.6. The summed E-state index contributed by atoms with van der Waals surface area (Å²) in [5.41, 5.74) is 1.47. The van der Waals surface area contributed by atoms with Crippen molar-refractivity contribution in [2.45, 2.75) is 36.5 Å². The molecule has 2 aliphatic rings. The third-order valence-corrected chi connectivity index (χ3v) is 8.18. The van der Waals surface area contributed by atoms with Crippen molar-refractivity contribution in [1.29, 1.82) is 0 Å². The van der Waals surface area contributed by atoms with Gasteiger partial charge < -0.3 is 9.47 Å². The number of aromatic nitrogens is 5. The molecule has 1 spiro atoms. The predicted molar refractivity (Wildman–Crippen MR) is 125 cm³/mol. The van der Waals surface area contributed by atoms with Crippen molar-refractivity contribution in [2.75, 3.05) is 25.4 Å². The standard InChI is InChI=1S/C21H23F3N6S2.ClH/c1-29-18(17-12-32-28-25-17)26-27-19(29)31-10-2-8-30-9-7-20(13-30)11-16(20)14-3-5-15(6-4-14)21(22,23)24;/h3-6,12,16H,2,7-11,13H2,1H3;1H/t16?,20-;/m0./s1. The number of rotatable bonds is 7. The second-order valence-electron chi connectivity index (χ2n) is 8.62. The molecule has 0 bridgehead atoms. The molecule has 6 nitrogen and oxygen atoms in total. The molecule has 1 saturated heterocycles. The Hall–Kier alpha value is -1.69. The summed E-state index contributed by atoms with van der Waals surface area (Å²) in [7, 11) is 1.94. The van der Waals surface area contributed by atoms with Crippen molar-refractivity contribution in [1.82, 2.24) is 29.3 Å². The molecule has 178 valence electrons. The first-order valence-electron chi connectivity index (χ1n) is 10.5. The Labute approximate surface area is 204 Å². The Kier molecular flexibility index (Phi) is 7.05. The number of alkyl halides is 3. The SMILES string of the molecule is Cl.Cn1c(SCCCN2CC[C@]3(CC3c3ccc(C(F)(F)F)cc3)C2)nnc1-c1csnn1. The number of hydrogen-bond donors (Lipinski definition) is 0. The summed E-state index contributed by atoms with van der Waals surface area (Å²) in [6, 6.07) is 5.76. The molecule has 1 unspecified atom stereocenters. The molecule has 2 aromatic heterocycles. The van der Waals surface area contributed by atoms with Crippen LogP contribution in [0.3, 0.4) is 0 Å². The van der Waals surface area contributed by atoms with Crippen molar-refractivity contribution in [3.8, 4) is 11.5 Å². The van der Waals surface area contributed by atoms with Crippen LogP contribution in [0.25, 0.3) is 11.5 Å². The Balaban J connectivity index is 0.00000259. The van der Waals surface area contributed by atoms with Crippen molar-refractivity contribution < 1.29 is 13.2 Å². The van der Waals surface area contributed by atoms with Gasteiger partial charge in [0.25, 0.3) is 0 Å². The van der Waals surface area contributed by atoms with Gasteiger partial charge in [-0.25, -0.2) is 0 Å². The first-order valence-corrected chi connectivity index (χ1v) is 12.4. The van der Waals surface area contributed by atoms with E-state index in [1.165, 1.54) is 23.7 Å². The van der Waals surface area contributed by atoms with Gasteiger partial charge in [0.15, 0.2) is 11.0 Å². The lowest BCUT2D eigenvalue weighted by molar-refractivity contribution is -0.137. The zero-order valence-corrected chi connectivity index (χ0v) is 20.4. The number of halogens is 4. The molecule has 2 fully saturated rings. The third kappa shape index (κ3) is 5.06. The van der Waals surface area contributed by atoms with Gasteiger partial charge in [0.1, 0.15) is 5.69 Å². The molecule has 12 heteroatoms. The lowest BCUT2D eigenvalue weighted by Gasteiger charge is -2.16. The molecular weight excluding hydrogens is 493 g/mol. The first kappa shape index (κ1) is 24.4. The molecule has 1 saturated carbocycles. The smallest absolute Gasteiger partial charge is 0.304 e. The summed E-state index contributed by atoms with van der Waals surface area (Å²) in [6.07, 6.45) is -1.02. The molecule has 33 heavy (non-hydrogen) atoms. The van der Waals surface area contributed by atoms with E-state index in [9.17, 15) is 13.2 Å². The highest BCUT2D eigenvalue weighted by molar-refractivity contribution is 7.99.